The van der Waals surface area contributed by atoms with Crippen molar-refractivity contribution in [2.45, 2.75) is 0 Å². The number of hydrogen-bond acceptors (Lipinski definition) is 8. The Kier molecular flexibility index (Phi) is 3.20. The zero-order chi connectivity index (χ0) is 16.5. The highest BCUT2D eigenvalue weighted by Crippen LogP contribution is 2.31. The number of nitrogens with one attached hydrogen (secondary N) is 1. The lowest BCUT2D eigenvalue weighted by Gasteiger charge is -2.08. The number of oxazole rings is 1. The van der Waals surface area contributed by atoms with Crippen LogP contribution in [0.2, 0.25) is 0 Å². The van der Waals surface area contributed by atoms with Crippen molar-refractivity contribution >= 4 is 34.6 Å². The summed E-state index contributed by atoms with van der Waals surface area (Å²) in [5.74, 6) is 0.839. The Hall–Kier alpha value is -3.68. The summed E-state index contributed by atoms with van der Waals surface area (Å²) in [6.45, 7) is 0. The first-order valence-electron chi connectivity index (χ1n) is 7.18. The van der Waals surface area contributed by atoms with Crippen LogP contribution in [-0.4, -0.2) is 19.9 Å². The number of rotatable bonds is 3. The molecule has 0 saturated heterocycles. The molecule has 5 N–H and O–H groups in total. The molecule has 0 radical (unpaired) electrons. The molecule has 118 valence electrons. The molecule has 4 aromatic rings. The molecule has 2 aromatic heterocycles. The van der Waals surface area contributed by atoms with Gasteiger partial charge in [-0.05, 0) is 24.3 Å². The lowest BCUT2D eigenvalue weighted by Crippen LogP contribution is -2.06. The Morgan fingerprint density at radius 3 is 2.29 bits per heavy atom. The van der Waals surface area contributed by atoms with Gasteiger partial charge in [-0.2, -0.15) is 15.0 Å². The Bertz CT molecular complexity index is 975. The van der Waals surface area contributed by atoms with Gasteiger partial charge in [-0.1, -0.05) is 24.3 Å². The van der Waals surface area contributed by atoms with E-state index in [-0.39, 0.29) is 17.8 Å². The molecule has 2 aromatic carbocycles. The molecular formula is C16H13N7O. The van der Waals surface area contributed by atoms with E-state index in [4.69, 9.17) is 15.9 Å². The van der Waals surface area contributed by atoms with Crippen molar-refractivity contribution in [1.82, 2.24) is 19.9 Å². The SMILES string of the molecule is Nc1nc(N)nc(Nc2ccccc2-c2nc3ccccc3o2)n1. The van der Waals surface area contributed by atoms with Crippen molar-refractivity contribution in [3.05, 3.63) is 48.5 Å². The van der Waals surface area contributed by atoms with E-state index < -0.39 is 0 Å². The number of benzene rings is 2. The van der Waals surface area contributed by atoms with Gasteiger partial charge in [0.2, 0.25) is 23.7 Å². The average Bonchev–Trinajstić information content (AvgIpc) is 2.98. The Morgan fingerprint density at radius 1 is 0.792 bits per heavy atom. The Labute approximate surface area is 136 Å². The van der Waals surface area contributed by atoms with Gasteiger partial charge in [0.15, 0.2) is 5.58 Å². The third-order valence-corrected chi connectivity index (χ3v) is 3.37. The largest absolute Gasteiger partial charge is 0.436 e. The number of fused-ring (bicyclic) bond motifs is 1. The standard InChI is InChI=1S/C16H13N7O/c17-14-21-15(18)23-16(22-14)20-10-6-2-1-5-9(10)13-19-11-7-3-4-8-12(11)24-13/h1-8H,(H5,17,18,20,21,22,23). The van der Waals surface area contributed by atoms with Crippen LogP contribution < -0.4 is 16.8 Å². The average molecular weight is 319 g/mol. The minimum atomic E-state index is 0.0457. The number of nitrogens with zero attached hydrogens (tertiary/aromatic N) is 4. The molecule has 0 aliphatic rings. The molecule has 0 fully saturated rings. The van der Waals surface area contributed by atoms with E-state index in [2.05, 4.69) is 25.3 Å². The summed E-state index contributed by atoms with van der Waals surface area (Å²) in [5, 5.41) is 3.07. The summed E-state index contributed by atoms with van der Waals surface area (Å²) in [7, 11) is 0. The van der Waals surface area contributed by atoms with E-state index in [0.29, 0.717) is 11.6 Å². The molecule has 0 saturated carbocycles. The first-order chi connectivity index (χ1) is 11.7. The fraction of sp³-hybridized carbons (Fsp3) is 0. The summed E-state index contributed by atoms with van der Waals surface area (Å²) < 4.78 is 5.83. The lowest BCUT2D eigenvalue weighted by atomic mass is 10.2. The molecule has 0 atom stereocenters. The van der Waals surface area contributed by atoms with Gasteiger partial charge in [0.1, 0.15) is 5.52 Å². The summed E-state index contributed by atoms with van der Waals surface area (Å²) in [5.41, 5.74) is 14.2. The zero-order valence-electron chi connectivity index (χ0n) is 12.5. The molecule has 0 aliphatic heterocycles. The number of aromatic nitrogens is 4. The normalized spacial score (nSPS) is 10.8. The van der Waals surface area contributed by atoms with Crippen molar-refractivity contribution in [2.75, 3.05) is 16.8 Å². The van der Waals surface area contributed by atoms with Crippen LogP contribution in [0.5, 0.6) is 0 Å². The predicted molar refractivity (Wildman–Crippen MR) is 91.4 cm³/mol. The quantitative estimate of drug-likeness (QED) is 0.525. The van der Waals surface area contributed by atoms with Gasteiger partial charge in [0, 0.05) is 0 Å². The van der Waals surface area contributed by atoms with Crippen LogP contribution in [0.4, 0.5) is 23.5 Å². The van der Waals surface area contributed by atoms with Gasteiger partial charge >= 0.3 is 0 Å². The number of hydrogen-bond donors (Lipinski definition) is 3. The van der Waals surface area contributed by atoms with Crippen LogP contribution in [0.15, 0.2) is 52.9 Å². The highest BCUT2D eigenvalue weighted by molar-refractivity contribution is 5.81. The number of anilines is 4. The summed E-state index contributed by atoms with van der Waals surface area (Å²) >= 11 is 0. The maximum atomic E-state index is 5.83. The lowest BCUT2D eigenvalue weighted by molar-refractivity contribution is 0.620. The topological polar surface area (TPSA) is 129 Å². The number of nitrogen functional groups attached to an aromatic ring is 2. The molecule has 8 nitrogen and oxygen atoms in total. The van der Waals surface area contributed by atoms with Gasteiger partial charge in [0.05, 0.1) is 11.3 Å². The fourth-order valence-corrected chi connectivity index (χ4v) is 2.35. The number of para-hydroxylation sites is 3. The maximum absolute atomic E-state index is 5.83. The molecule has 2 heterocycles. The van der Waals surface area contributed by atoms with E-state index in [0.717, 1.165) is 16.7 Å². The van der Waals surface area contributed by atoms with Crippen LogP contribution in [0, 0.1) is 0 Å². The van der Waals surface area contributed by atoms with Crippen LogP contribution in [0.3, 0.4) is 0 Å². The van der Waals surface area contributed by atoms with Gasteiger partial charge in [-0.3, -0.25) is 0 Å². The van der Waals surface area contributed by atoms with Crippen molar-refractivity contribution in [1.29, 1.82) is 0 Å². The molecule has 4 rings (SSSR count). The monoisotopic (exact) mass is 319 g/mol. The molecule has 24 heavy (non-hydrogen) atoms. The molecular weight excluding hydrogens is 306 g/mol. The van der Waals surface area contributed by atoms with Gasteiger partial charge in [-0.25, -0.2) is 4.98 Å². The Morgan fingerprint density at radius 2 is 1.50 bits per heavy atom. The van der Waals surface area contributed by atoms with Crippen molar-refractivity contribution < 1.29 is 4.42 Å². The predicted octanol–water partition coefficient (Wildman–Crippen LogP) is 2.59. The third kappa shape index (κ3) is 2.56. The second kappa shape index (κ2) is 5.51. The second-order valence-corrected chi connectivity index (χ2v) is 5.03. The second-order valence-electron chi connectivity index (χ2n) is 5.03. The van der Waals surface area contributed by atoms with E-state index in [1.165, 1.54) is 0 Å². The van der Waals surface area contributed by atoms with Crippen molar-refractivity contribution in [2.24, 2.45) is 0 Å². The van der Waals surface area contributed by atoms with Gasteiger partial charge in [-0.15, -0.1) is 0 Å². The first kappa shape index (κ1) is 13.9. The van der Waals surface area contributed by atoms with Crippen LogP contribution in [0.1, 0.15) is 0 Å². The van der Waals surface area contributed by atoms with E-state index in [1.807, 2.05) is 48.5 Å². The minimum absolute atomic E-state index is 0.0457. The molecule has 0 unspecified atom stereocenters. The maximum Gasteiger partial charge on any atom is 0.233 e. The van der Waals surface area contributed by atoms with Crippen molar-refractivity contribution in [3.63, 3.8) is 0 Å². The molecule has 0 spiro atoms. The summed E-state index contributed by atoms with van der Waals surface area (Å²) in [4.78, 5) is 16.3. The van der Waals surface area contributed by atoms with Crippen molar-refractivity contribution in [3.8, 4) is 11.5 Å². The minimum Gasteiger partial charge on any atom is -0.436 e. The summed E-state index contributed by atoms with van der Waals surface area (Å²) in [6.07, 6.45) is 0. The molecule has 8 heteroatoms. The fourth-order valence-electron chi connectivity index (χ4n) is 2.35. The van der Waals surface area contributed by atoms with Crippen LogP contribution >= 0.6 is 0 Å². The van der Waals surface area contributed by atoms with E-state index in [9.17, 15) is 0 Å². The zero-order valence-corrected chi connectivity index (χ0v) is 12.5. The third-order valence-electron chi connectivity index (χ3n) is 3.37. The highest BCUT2D eigenvalue weighted by Gasteiger charge is 2.13. The van der Waals surface area contributed by atoms with Crippen LogP contribution in [-0.2, 0) is 0 Å². The molecule has 0 bridgehead atoms. The van der Waals surface area contributed by atoms with Gasteiger partial charge < -0.3 is 21.2 Å². The summed E-state index contributed by atoms with van der Waals surface area (Å²) in [6, 6.07) is 15.1. The number of nitrogens with two attached hydrogens (primary N) is 2. The Balaban J connectivity index is 1.77. The van der Waals surface area contributed by atoms with Gasteiger partial charge in [0.25, 0.3) is 0 Å². The highest BCUT2D eigenvalue weighted by atomic mass is 16.3. The molecule has 0 aliphatic carbocycles. The first-order valence-corrected chi connectivity index (χ1v) is 7.18. The molecule has 0 amide bonds. The smallest absolute Gasteiger partial charge is 0.233 e. The van der Waals surface area contributed by atoms with E-state index >= 15 is 0 Å². The van der Waals surface area contributed by atoms with Crippen LogP contribution in [0.25, 0.3) is 22.6 Å². The van der Waals surface area contributed by atoms with E-state index in [1.54, 1.807) is 0 Å².